The lowest BCUT2D eigenvalue weighted by atomic mass is 10.0. The lowest BCUT2D eigenvalue weighted by Crippen LogP contribution is -2.39. The van der Waals surface area contributed by atoms with Gasteiger partial charge in [0.15, 0.2) is 0 Å². The average Bonchev–Trinajstić information content (AvgIpc) is 2.64. The van der Waals surface area contributed by atoms with Crippen LogP contribution in [-0.2, 0) is 9.53 Å². The van der Waals surface area contributed by atoms with Crippen LogP contribution in [0.25, 0.3) is 0 Å². The van der Waals surface area contributed by atoms with Crippen molar-refractivity contribution in [1.29, 1.82) is 0 Å². The molecule has 1 aliphatic rings. The molecule has 126 valence electrons. The zero-order chi connectivity index (χ0) is 16.8. The molecule has 0 aromatic heterocycles. The molecule has 0 radical (unpaired) electrons. The fourth-order valence-corrected chi connectivity index (χ4v) is 5.41. The first-order chi connectivity index (χ1) is 11.7. The highest BCUT2D eigenvalue weighted by atomic mass is 32.2. The molecule has 2 aromatic rings. The summed E-state index contributed by atoms with van der Waals surface area (Å²) >= 11 is 3.51. The van der Waals surface area contributed by atoms with Crippen molar-refractivity contribution in [1.82, 2.24) is 0 Å². The number of esters is 1. The summed E-state index contributed by atoms with van der Waals surface area (Å²) in [6.07, 6.45) is 1.69. The van der Waals surface area contributed by atoms with E-state index in [4.69, 9.17) is 9.47 Å². The van der Waals surface area contributed by atoms with Gasteiger partial charge in [0.05, 0.1) is 7.11 Å². The molecule has 2 aromatic carbocycles. The molecule has 1 saturated heterocycles. The first-order valence-electron chi connectivity index (χ1n) is 7.90. The normalized spacial score (nSPS) is 16.4. The summed E-state index contributed by atoms with van der Waals surface area (Å²) in [7, 11) is 1.48. The van der Waals surface area contributed by atoms with Crippen LogP contribution in [0, 0.1) is 0 Å². The summed E-state index contributed by atoms with van der Waals surface area (Å²) < 4.78 is 10.4. The Labute approximate surface area is 151 Å². The van der Waals surface area contributed by atoms with Gasteiger partial charge in [0.2, 0.25) is 0 Å². The minimum absolute atomic E-state index is 0.114. The van der Waals surface area contributed by atoms with Crippen molar-refractivity contribution in [2.75, 3.05) is 18.6 Å². The Bertz CT molecular complexity index is 665. The molecule has 0 unspecified atom stereocenters. The number of methoxy groups -OCH3 is 1. The SMILES string of the molecule is COC(=O)C1(Sc2ccc(Oc3ccccc3)cc2)CCSCC1. The average molecular weight is 361 g/mol. The highest BCUT2D eigenvalue weighted by Crippen LogP contribution is 2.44. The maximum Gasteiger partial charge on any atom is 0.322 e. The van der Waals surface area contributed by atoms with Crippen molar-refractivity contribution in [3.63, 3.8) is 0 Å². The highest BCUT2D eigenvalue weighted by molar-refractivity contribution is 8.02. The van der Waals surface area contributed by atoms with E-state index in [9.17, 15) is 4.79 Å². The summed E-state index contributed by atoms with van der Waals surface area (Å²) in [4.78, 5) is 13.4. The Kier molecular flexibility index (Phi) is 5.74. The van der Waals surface area contributed by atoms with Gasteiger partial charge >= 0.3 is 5.97 Å². The van der Waals surface area contributed by atoms with Crippen LogP contribution in [0.4, 0.5) is 0 Å². The molecule has 0 N–H and O–H groups in total. The molecule has 0 saturated carbocycles. The van der Waals surface area contributed by atoms with Gasteiger partial charge in [-0.25, -0.2) is 0 Å². The first kappa shape index (κ1) is 17.2. The van der Waals surface area contributed by atoms with Crippen molar-refractivity contribution in [3.8, 4) is 11.5 Å². The summed E-state index contributed by atoms with van der Waals surface area (Å²) in [6, 6.07) is 17.6. The Morgan fingerprint density at radius 2 is 1.62 bits per heavy atom. The van der Waals surface area contributed by atoms with Gasteiger partial charge in [-0.3, -0.25) is 4.79 Å². The zero-order valence-corrected chi connectivity index (χ0v) is 15.2. The standard InChI is InChI=1S/C19H20O3S2/c1-21-18(20)19(11-13-23-14-12-19)24-17-9-7-16(8-10-17)22-15-5-3-2-4-6-15/h2-10H,11-14H2,1H3. The zero-order valence-electron chi connectivity index (χ0n) is 13.6. The molecular weight excluding hydrogens is 340 g/mol. The lowest BCUT2D eigenvalue weighted by molar-refractivity contribution is -0.143. The van der Waals surface area contributed by atoms with Crippen LogP contribution in [0.1, 0.15) is 12.8 Å². The fraction of sp³-hybridized carbons (Fsp3) is 0.316. The van der Waals surface area contributed by atoms with Crippen molar-refractivity contribution in [2.24, 2.45) is 0 Å². The lowest BCUT2D eigenvalue weighted by Gasteiger charge is -2.33. The number of ether oxygens (including phenoxy) is 2. The molecule has 3 rings (SSSR count). The van der Waals surface area contributed by atoms with E-state index in [2.05, 4.69) is 0 Å². The van der Waals surface area contributed by atoms with E-state index in [0.717, 1.165) is 40.7 Å². The third kappa shape index (κ3) is 4.08. The van der Waals surface area contributed by atoms with E-state index < -0.39 is 4.75 Å². The fourth-order valence-electron chi connectivity index (χ4n) is 2.66. The van der Waals surface area contributed by atoms with Crippen LogP contribution in [0.3, 0.4) is 0 Å². The van der Waals surface area contributed by atoms with Crippen LogP contribution < -0.4 is 4.74 Å². The quantitative estimate of drug-likeness (QED) is 0.701. The molecule has 0 spiro atoms. The van der Waals surface area contributed by atoms with Crippen LogP contribution in [0.2, 0.25) is 0 Å². The molecule has 1 heterocycles. The van der Waals surface area contributed by atoms with Gasteiger partial charge < -0.3 is 9.47 Å². The third-order valence-electron chi connectivity index (χ3n) is 3.97. The predicted molar refractivity (Wildman–Crippen MR) is 100 cm³/mol. The van der Waals surface area contributed by atoms with Gasteiger partial charge in [0.25, 0.3) is 0 Å². The Hall–Kier alpha value is -1.59. The van der Waals surface area contributed by atoms with Gasteiger partial charge in [-0.05, 0) is 60.7 Å². The second-order valence-electron chi connectivity index (χ2n) is 5.59. The van der Waals surface area contributed by atoms with Crippen LogP contribution in [0.15, 0.2) is 59.5 Å². The van der Waals surface area contributed by atoms with E-state index >= 15 is 0 Å². The number of thioether (sulfide) groups is 2. The summed E-state index contributed by atoms with van der Waals surface area (Å²) in [5.41, 5.74) is 0. The van der Waals surface area contributed by atoms with E-state index in [0.29, 0.717) is 0 Å². The molecular formula is C19H20O3S2. The minimum Gasteiger partial charge on any atom is -0.468 e. The van der Waals surface area contributed by atoms with Gasteiger partial charge in [-0.1, -0.05) is 18.2 Å². The minimum atomic E-state index is -0.457. The molecule has 1 fully saturated rings. The Balaban J connectivity index is 1.71. The number of carbonyl (C=O) groups excluding carboxylic acids is 1. The topological polar surface area (TPSA) is 35.5 Å². The maximum absolute atomic E-state index is 12.3. The van der Waals surface area contributed by atoms with Gasteiger partial charge in [-0.2, -0.15) is 11.8 Å². The summed E-state index contributed by atoms with van der Waals surface area (Å²) in [5, 5.41) is 0. The molecule has 3 nitrogen and oxygen atoms in total. The van der Waals surface area contributed by atoms with Crippen LogP contribution >= 0.6 is 23.5 Å². The van der Waals surface area contributed by atoms with E-state index in [1.165, 1.54) is 7.11 Å². The summed E-state index contributed by atoms with van der Waals surface area (Å²) in [6.45, 7) is 0. The third-order valence-corrected chi connectivity index (χ3v) is 6.43. The number of rotatable bonds is 5. The van der Waals surface area contributed by atoms with Crippen LogP contribution in [0.5, 0.6) is 11.5 Å². The second kappa shape index (κ2) is 7.99. The summed E-state index contributed by atoms with van der Waals surface area (Å²) in [5.74, 6) is 3.48. The van der Waals surface area contributed by atoms with Crippen molar-refractivity contribution in [3.05, 3.63) is 54.6 Å². The molecule has 1 aliphatic heterocycles. The van der Waals surface area contributed by atoms with E-state index in [1.807, 2.05) is 66.4 Å². The highest BCUT2D eigenvalue weighted by Gasteiger charge is 2.42. The van der Waals surface area contributed by atoms with Crippen molar-refractivity contribution < 1.29 is 14.3 Å². The van der Waals surface area contributed by atoms with Crippen molar-refractivity contribution in [2.45, 2.75) is 22.5 Å². The Morgan fingerprint density at radius 3 is 2.25 bits per heavy atom. The van der Waals surface area contributed by atoms with Crippen molar-refractivity contribution >= 4 is 29.5 Å². The van der Waals surface area contributed by atoms with E-state index in [1.54, 1.807) is 11.8 Å². The Morgan fingerprint density at radius 1 is 1.00 bits per heavy atom. The molecule has 0 bridgehead atoms. The number of carbonyl (C=O) groups is 1. The largest absolute Gasteiger partial charge is 0.468 e. The van der Waals surface area contributed by atoms with Gasteiger partial charge in [0.1, 0.15) is 16.2 Å². The number of hydrogen-bond acceptors (Lipinski definition) is 5. The monoisotopic (exact) mass is 360 g/mol. The van der Waals surface area contributed by atoms with E-state index in [-0.39, 0.29) is 5.97 Å². The molecule has 0 atom stereocenters. The number of para-hydroxylation sites is 1. The van der Waals surface area contributed by atoms with Crippen LogP contribution in [-0.4, -0.2) is 29.3 Å². The molecule has 0 aliphatic carbocycles. The molecule has 24 heavy (non-hydrogen) atoms. The number of benzene rings is 2. The second-order valence-corrected chi connectivity index (χ2v) is 8.27. The van der Waals surface area contributed by atoms with Gasteiger partial charge in [0, 0.05) is 4.90 Å². The maximum atomic E-state index is 12.3. The molecule has 0 amide bonds. The first-order valence-corrected chi connectivity index (χ1v) is 9.87. The number of hydrogen-bond donors (Lipinski definition) is 0. The van der Waals surface area contributed by atoms with Gasteiger partial charge in [-0.15, -0.1) is 11.8 Å². The molecule has 5 heteroatoms. The smallest absolute Gasteiger partial charge is 0.322 e. The predicted octanol–water partition coefficient (Wildman–Crippen LogP) is 5.01.